The smallest absolute Gasteiger partial charge is 0.348 e. The van der Waals surface area contributed by atoms with Gasteiger partial charge in [-0.3, -0.25) is 0 Å². The summed E-state index contributed by atoms with van der Waals surface area (Å²) in [7, 11) is 1.69. The lowest BCUT2D eigenvalue weighted by Crippen LogP contribution is -1.97. The van der Waals surface area contributed by atoms with Crippen molar-refractivity contribution in [2.45, 2.75) is 0 Å². The topological polar surface area (TPSA) is 73.1 Å². The summed E-state index contributed by atoms with van der Waals surface area (Å²) in [5.41, 5.74) is 2.09. The molecule has 18 heavy (non-hydrogen) atoms. The molecule has 4 nitrogen and oxygen atoms in total. The lowest BCUT2D eigenvalue weighted by molar-refractivity contribution is 0.0703. The van der Waals surface area contributed by atoms with Gasteiger partial charge in [-0.25, -0.2) is 4.79 Å². The van der Waals surface area contributed by atoms with Gasteiger partial charge in [-0.15, -0.1) is 11.3 Å². The van der Waals surface area contributed by atoms with Crippen LogP contribution in [-0.2, 0) is 0 Å². The highest BCUT2D eigenvalue weighted by molar-refractivity contribution is 7.18. The van der Waals surface area contributed by atoms with Gasteiger partial charge in [0.1, 0.15) is 4.88 Å². The summed E-state index contributed by atoms with van der Waals surface area (Å²) in [6.07, 6.45) is 0. The minimum atomic E-state index is -0.941. The molecule has 1 heterocycles. The monoisotopic (exact) mass is 258 g/mol. The third-order valence-corrected chi connectivity index (χ3v) is 3.67. The van der Waals surface area contributed by atoms with Gasteiger partial charge >= 0.3 is 5.97 Å². The molecule has 90 valence electrons. The summed E-state index contributed by atoms with van der Waals surface area (Å²) >= 11 is 1.21. The summed E-state index contributed by atoms with van der Waals surface area (Å²) in [4.78, 5) is 12.2. The number of thiophene rings is 1. The number of carboxylic acids is 1. The van der Waals surface area contributed by atoms with Gasteiger partial charge in [-0.1, -0.05) is 12.1 Å². The van der Waals surface area contributed by atoms with E-state index in [-0.39, 0.29) is 4.88 Å². The number of nitriles is 1. The maximum absolute atomic E-state index is 11.1. The number of anilines is 1. The molecule has 0 radical (unpaired) electrons. The summed E-state index contributed by atoms with van der Waals surface area (Å²) in [6.45, 7) is 0. The van der Waals surface area contributed by atoms with E-state index in [4.69, 9.17) is 10.4 Å². The van der Waals surface area contributed by atoms with Crippen LogP contribution in [0.15, 0.2) is 30.3 Å². The van der Waals surface area contributed by atoms with E-state index in [1.165, 1.54) is 11.3 Å². The second-order valence-electron chi connectivity index (χ2n) is 3.60. The molecule has 0 atom stereocenters. The predicted octanol–water partition coefficient (Wildman–Crippen LogP) is 3.03. The number of rotatable bonds is 3. The number of hydrogen-bond acceptors (Lipinski definition) is 4. The van der Waals surface area contributed by atoms with Crippen LogP contribution in [0.5, 0.6) is 0 Å². The Morgan fingerprint density at radius 1 is 1.39 bits per heavy atom. The largest absolute Gasteiger partial charge is 0.477 e. The number of benzene rings is 1. The highest BCUT2D eigenvalue weighted by Crippen LogP contribution is 2.34. The van der Waals surface area contributed by atoms with Crippen molar-refractivity contribution < 1.29 is 9.90 Å². The molecule has 0 aliphatic heterocycles. The lowest BCUT2D eigenvalue weighted by Gasteiger charge is -1.96. The van der Waals surface area contributed by atoms with Crippen LogP contribution < -0.4 is 5.32 Å². The van der Waals surface area contributed by atoms with Crippen molar-refractivity contribution in [1.29, 1.82) is 5.26 Å². The van der Waals surface area contributed by atoms with E-state index in [1.54, 1.807) is 25.2 Å². The first-order chi connectivity index (χ1) is 8.65. The highest BCUT2D eigenvalue weighted by Gasteiger charge is 2.15. The Morgan fingerprint density at radius 2 is 2.06 bits per heavy atom. The van der Waals surface area contributed by atoms with Crippen LogP contribution in [0.2, 0.25) is 0 Å². The summed E-state index contributed by atoms with van der Waals surface area (Å²) in [5, 5.41) is 20.7. The average Bonchev–Trinajstić information content (AvgIpc) is 2.83. The second-order valence-corrected chi connectivity index (χ2v) is 4.65. The van der Waals surface area contributed by atoms with E-state index in [2.05, 4.69) is 5.32 Å². The Balaban J connectivity index is 2.44. The maximum Gasteiger partial charge on any atom is 0.348 e. The molecule has 2 rings (SSSR count). The van der Waals surface area contributed by atoms with Gasteiger partial charge in [-0.05, 0) is 23.8 Å². The number of nitrogens with zero attached hydrogens (tertiary/aromatic N) is 1. The first kappa shape index (κ1) is 12.1. The van der Waals surface area contributed by atoms with Crippen LogP contribution in [0, 0.1) is 11.3 Å². The quantitative estimate of drug-likeness (QED) is 0.887. The highest BCUT2D eigenvalue weighted by atomic mass is 32.1. The van der Waals surface area contributed by atoms with Crippen molar-refractivity contribution in [2.75, 3.05) is 12.4 Å². The van der Waals surface area contributed by atoms with Crippen LogP contribution in [0.3, 0.4) is 0 Å². The van der Waals surface area contributed by atoms with Gasteiger partial charge in [0.25, 0.3) is 0 Å². The number of hydrogen-bond donors (Lipinski definition) is 2. The Labute approximate surface area is 108 Å². The first-order valence-electron chi connectivity index (χ1n) is 5.21. The molecular formula is C13H10N2O2S. The molecule has 0 spiro atoms. The number of aromatic carboxylic acids is 1. The van der Waals surface area contributed by atoms with Crippen LogP contribution in [0.25, 0.3) is 10.4 Å². The molecule has 5 heteroatoms. The fourth-order valence-corrected chi connectivity index (χ4v) is 2.60. The van der Waals surface area contributed by atoms with Crippen molar-refractivity contribution >= 4 is 23.0 Å². The van der Waals surface area contributed by atoms with Crippen LogP contribution in [0.1, 0.15) is 15.2 Å². The SMILES string of the molecule is CNc1cc(-c2ccc(C#N)cc2)sc1C(=O)O. The van der Waals surface area contributed by atoms with Crippen LogP contribution in [0.4, 0.5) is 5.69 Å². The maximum atomic E-state index is 11.1. The summed E-state index contributed by atoms with van der Waals surface area (Å²) < 4.78 is 0. The third-order valence-electron chi connectivity index (χ3n) is 2.49. The van der Waals surface area contributed by atoms with Gasteiger partial charge in [0.2, 0.25) is 0 Å². The minimum Gasteiger partial charge on any atom is -0.477 e. The van der Waals surface area contributed by atoms with Gasteiger partial charge in [-0.2, -0.15) is 5.26 Å². The Bertz CT molecular complexity index is 623. The zero-order chi connectivity index (χ0) is 13.1. The average molecular weight is 258 g/mol. The zero-order valence-electron chi connectivity index (χ0n) is 9.60. The fraction of sp³-hybridized carbons (Fsp3) is 0.0769. The molecule has 0 fully saturated rings. The Kier molecular flexibility index (Phi) is 3.31. The van der Waals surface area contributed by atoms with E-state index in [0.717, 1.165) is 10.4 Å². The molecular weight excluding hydrogens is 248 g/mol. The van der Waals surface area contributed by atoms with E-state index in [0.29, 0.717) is 11.3 Å². The molecule has 2 aromatic rings. The van der Waals surface area contributed by atoms with E-state index in [1.807, 2.05) is 18.2 Å². The Hall–Kier alpha value is -2.32. The Morgan fingerprint density at radius 3 is 2.50 bits per heavy atom. The van der Waals surface area contributed by atoms with Crippen molar-refractivity contribution in [2.24, 2.45) is 0 Å². The molecule has 1 aromatic carbocycles. The molecule has 0 saturated heterocycles. The minimum absolute atomic E-state index is 0.289. The third kappa shape index (κ3) is 2.19. The molecule has 0 bridgehead atoms. The molecule has 0 amide bonds. The zero-order valence-corrected chi connectivity index (χ0v) is 10.4. The molecule has 2 N–H and O–H groups in total. The molecule has 0 saturated carbocycles. The molecule has 0 aliphatic carbocycles. The van der Waals surface area contributed by atoms with Gasteiger partial charge in [0.15, 0.2) is 0 Å². The lowest BCUT2D eigenvalue weighted by atomic mass is 10.1. The van der Waals surface area contributed by atoms with Crippen molar-refractivity contribution in [3.8, 4) is 16.5 Å². The fourth-order valence-electron chi connectivity index (χ4n) is 1.59. The van der Waals surface area contributed by atoms with E-state index >= 15 is 0 Å². The molecule has 1 aromatic heterocycles. The van der Waals surface area contributed by atoms with Gasteiger partial charge in [0, 0.05) is 11.9 Å². The van der Waals surface area contributed by atoms with Crippen molar-refractivity contribution in [3.05, 3.63) is 40.8 Å². The second kappa shape index (κ2) is 4.90. The van der Waals surface area contributed by atoms with E-state index < -0.39 is 5.97 Å². The van der Waals surface area contributed by atoms with Crippen molar-refractivity contribution in [3.63, 3.8) is 0 Å². The number of nitrogens with one attached hydrogen (secondary N) is 1. The van der Waals surface area contributed by atoms with Gasteiger partial charge < -0.3 is 10.4 Å². The van der Waals surface area contributed by atoms with E-state index in [9.17, 15) is 4.79 Å². The summed E-state index contributed by atoms with van der Waals surface area (Å²) in [5.74, 6) is -0.941. The normalized spacial score (nSPS) is 9.78. The van der Waals surface area contributed by atoms with Crippen LogP contribution in [-0.4, -0.2) is 18.1 Å². The molecule has 0 aliphatic rings. The standard InChI is InChI=1S/C13H10N2O2S/c1-15-10-6-11(18-12(10)13(16)17)9-4-2-8(7-14)3-5-9/h2-6,15H,1H3,(H,16,17). The number of carboxylic acid groups (broad SMARTS) is 1. The van der Waals surface area contributed by atoms with Gasteiger partial charge in [0.05, 0.1) is 17.3 Å². The summed E-state index contributed by atoms with van der Waals surface area (Å²) in [6, 6.07) is 10.9. The van der Waals surface area contributed by atoms with Crippen LogP contribution >= 0.6 is 11.3 Å². The molecule has 0 unspecified atom stereocenters. The predicted molar refractivity (Wildman–Crippen MR) is 71.0 cm³/mol. The first-order valence-corrected chi connectivity index (χ1v) is 6.02. The number of carbonyl (C=O) groups is 1. The van der Waals surface area contributed by atoms with Crippen molar-refractivity contribution in [1.82, 2.24) is 0 Å².